The summed E-state index contributed by atoms with van der Waals surface area (Å²) in [4.78, 5) is 34.9. The predicted molar refractivity (Wildman–Crippen MR) is 102 cm³/mol. The summed E-state index contributed by atoms with van der Waals surface area (Å²) in [6, 6.07) is 9.89. The normalized spacial score (nSPS) is 10.2. The summed E-state index contributed by atoms with van der Waals surface area (Å²) in [7, 11) is 0. The average molecular weight is 390 g/mol. The van der Waals surface area contributed by atoms with E-state index in [1.54, 1.807) is 36.4 Å². The number of ether oxygens (including phenoxy) is 2. The molecular weight excluding hydrogens is 370 g/mol. The highest BCUT2D eigenvalue weighted by atomic mass is 35.5. The van der Waals surface area contributed by atoms with Gasteiger partial charge in [0.25, 0.3) is 5.91 Å². The van der Waals surface area contributed by atoms with Crippen LogP contribution in [-0.4, -0.2) is 30.9 Å². The number of hydrogen-bond acceptors (Lipinski definition) is 5. The first-order valence-electron chi connectivity index (χ1n) is 8.22. The highest BCUT2D eigenvalue weighted by Crippen LogP contribution is 2.26. The van der Waals surface area contributed by atoms with Crippen molar-refractivity contribution in [2.75, 3.05) is 18.5 Å². The summed E-state index contributed by atoms with van der Waals surface area (Å²) in [6.45, 7) is 4.36. The van der Waals surface area contributed by atoms with Crippen LogP contribution in [0.2, 0.25) is 5.02 Å². The zero-order valence-corrected chi connectivity index (χ0v) is 16.1. The molecule has 0 aliphatic carbocycles. The van der Waals surface area contributed by atoms with Gasteiger partial charge in [0.15, 0.2) is 19.0 Å². The van der Waals surface area contributed by atoms with Crippen molar-refractivity contribution >= 4 is 34.9 Å². The Labute approximate surface area is 162 Å². The molecule has 0 radical (unpaired) electrons. The van der Waals surface area contributed by atoms with Gasteiger partial charge in [-0.05, 0) is 68.3 Å². The number of carbonyl (C=O) groups is 3. The molecule has 0 aliphatic heterocycles. The van der Waals surface area contributed by atoms with Crippen LogP contribution in [0.1, 0.15) is 28.4 Å². The Morgan fingerprint density at radius 2 is 1.59 bits per heavy atom. The zero-order valence-electron chi connectivity index (χ0n) is 15.3. The van der Waals surface area contributed by atoms with Gasteiger partial charge in [-0.25, -0.2) is 4.79 Å². The Kier molecular flexibility index (Phi) is 6.96. The molecule has 0 heterocycles. The number of rotatable bonds is 7. The Balaban J connectivity index is 1.80. The lowest BCUT2D eigenvalue weighted by molar-refractivity contribution is -0.149. The standard InChI is InChI=1S/C20H20ClNO5/c1-12-8-16(21)9-13(2)20(12)27-11-19(25)26-10-18(24)22-17-6-4-15(5-7-17)14(3)23/h4-9H,10-11H2,1-3H3,(H,22,24). The Bertz CT molecular complexity index is 838. The molecule has 6 nitrogen and oxygen atoms in total. The van der Waals surface area contributed by atoms with Crippen LogP contribution < -0.4 is 10.1 Å². The van der Waals surface area contributed by atoms with Crippen LogP contribution >= 0.6 is 11.6 Å². The molecule has 142 valence electrons. The molecule has 0 fully saturated rings. The van der Waals surface area contributed by atoms with Crippen LogP contribution in [0.25, 0.3) is 0 Å². The van der Waals surface area contributed by atoms with Crippen molar-refractivity contribution in [2.24, 2.45) is 0 Å². The number of hydrogen-bond donors (Lipinski definition) is 1. The number of aryl methyl sites for hydroxylation is 2. The minimum Gasteiger partial charge on any atom is -0.481 e. The molecule has 0 unspecified atom stereocenters. The number of benzene rings is 2. The number of nitrogens with one attached hydrogen (secondary N) is 1. The SMILES string of the molecule is CC(=O)c1ccc(NC(=O)COC(=O)COc2c(C)cc(Cl)cc2C)cc1. The number of halogens is 1. The van der Waals surface area contributed by atoms with E-state index in [0.29, 0.717) is 22.0 Å². The number of amides is 1. The number of anilines is 1. The van der Waals surface area contributed by atoms with Crippen molar-refractivity contribution in [1.29, 1.82) is 0 Å². The van der Waals surface area contributed by atoms with Crippen LogP contribution in [-0.2, 0) is 14.3 Å². The molecule has 0 aromatic heterocycles. The molecule has 0 spiro atoms. The third-order valence-corrected chi connectivity index (χ3v) is 3.92. The molecule has 2 rings (SSSR count). The van der Waals surface area contributed by atoms with Crippen molar-refractivity contribution in [3.8, 4) is 5.75 Å². The van der Waals surface area contributed by atoms with Crippen molar-refractivity contribution < 1.29 is 23.9 Å². The van der Waals surface area contributed by atoms with Gasteiger partial charge in [0.05, 0.1) is 0 Å². The second-order valence-electron chi connectivity index (χ2n) is 6.00. The predicted octanol–water partition coefficient (Wildman–Crippen LogP) is 3.72. The highest BCUT2D eigenvalue weighted by molar-refractivity contribution is 6.30. The summed E-state index contributed by atoms with van der Waals surface area (Å²) in [5.74, 6) is -0.650. The lowest BCUT2D eigenvalue weighted by Gasteiger charge is -2.12. The Morgan fingerprint density at radius 1 is 1.00 bits per heavy atom. The van der Waals surface area contributed by atoms with Gasteiger partial charge in [-0.2, -0.15) is 0 Å². The number of esters is 1. The van der Waals surface area contributed by atoms with Gasteiger partial charge in [0.2, 0.25) is 0 Å². The quantitative estimate of drug-likeness (QED) is 0.576. The Morgan fingerprint density at radius 3 is 2.15 bits per heavy atom. The van der Waals surface area contributed by atoms with Crippen LogP contribution in [0.5, 0.6) is 5.75 Å². The summed E-state index contributed by atoms with van der Waals surface area (Å²) < 4.78 is 10.4. The third kappa shape index (κ3) is 6.11. The van der Waals surface area contributed by atoms with Gasteiger partial charge in [0, 0.05) is 16.3 Å². The molecule has 2 aromatic rings. The van der Waals surface area contributed by atoms with E-state index in [1.807, 2.05) is 13.8 Å². The smallest absolute Gasteiger partial charge is 0.344 e. The van der Waals surface area contributed by atoms with Gasteiger partial charge in [0.1, 0.15) is 5.75 Å². The van der Waals surface area contributed by atoms with Gasteiger partial charge in [-0.15, -0.1) is 0 Å². The van der Waals surface area contributed by atoms with E-state index in [-0.39, 0.29) is 12.4 Å². The van der Waals surface area contributed by atoms with Crippen molar-refractivity contribution in [3.05, 3.63) is 58.1 Å². The van der Waals surface area contributed by atoms with Gasteiger partial charge in [-0.1, -0.05) is 11.6 Å². The zero-order chi connectivity index (χ0) is 20.0. The summed E-state index contributed by atoms with van der Waals surface area (Å²) in [5, 5.41) is 3.17. The summed E-state index contributed by atoms with van der Waals surface area (Å²) >= 11 is 5.95. The van der Waals surface area contributed by atoms with Crippen LogP contribution in [0.4, 0.5) is 5.69 Å². The van der Waals surface area contributed by atoms with Gasteiger partial charge >= 0.3 is 5.97 Å². The minimum absolute atomic E-state index is 0.0621. The first kappa shape index (κ1) is 20.5. The monoisotopic (exact) mass is 389 g/mol. The van der Waals surface area contributed by atoms with Crippen molar-refractivity contribution in [2.45, 2.75) is 20.8 Å². The van der Waals surface area contributed by atoms with E-state index in [0.717, 1.165) is 11.1 Å². The highest BCUT2D eigenvalue weighted by Gasteiger charge is 2.12. The van der Waals surface area contributed by atoms with E-state index in [4.69, 9.17) is 21.1 Å². The second-order valence-corrected chi connectivity index (χ2v) is 6.44. The first-order chi connectivity index (χ1) is 12.8. The molecule has 27 heavy (non-hydrogen) atoms. The van der Waals surface area contributed by atoms with E-state index in [1.165, 1.54) is 6.92 Å². The molecule has 2 aromatic carbocycles. The lowest BCUT2D eigenvalue weighted by Crippen LogP contribution is -2.23. The Hall–Kier alpha value is -2.86. The molecule has 1 N–H and O–H groups in total. The van der Waals surface area contributed by atoms with Crippen LogP contribution in [0, 0.1) is 13.8 Å². The summed E-state index contributed by atoms with van der Waals surface area (Å²) in [5.41, 5.74) is 2.66. The maximum atomic E-state index is 11.8. The molecule has 7 heteroatoms. The summed E-state index contributed by atoms with van der Waals surface area (Å²) in [6.07, 6.45) is 0. The van der Waals surface area contributed by atoms with Gasteiger partial charge in [-0.3, -0.25) is 9.59 Å². The second kappa shape index (κ2) is 9.19. The fourth-order valence-corrected chi connectivity index (χ4v) is 2.76. The topological polar surface area (TPSA) is 81.7 Å². The molecule has 0 saturated carbocycles. The number of carbonyl (C=O) groups excluding carboxylic acids is 3. The molecule has 0 aliphatic rings. The molecular formula is C20H20ClNO5. The van der Waals surface area contributed by atoms with Crippen LogP contribution in [0.3, 0.4) is 0 Å². The lowest BCUT2D eigenvalue weighted by atomic mass is 10.1. The maximum Gasteiger partial charge on any atom is 0.344 e. The van der Waals surface area contributed by atoms with Crippen molar-refractivity contribution in [1.82, 2.24) is 0 Å². The van der Waals surface area contributed by atoms with E-state index in [9.17, 15) is 14.4 Å². The number of Topliss-reactive ketones (excluding diaryl/α,β-unsaturated/α-hetero) is 1. The van der Waals surface area contributed by atoms with E-state index in [2.05, 4.69) is 5.32 Å². The average Bonchev–Trinajstić information content (AvgIpc) is 2.59. The number of ketones is 1. The van der Waals surface area contributed by atoms with E-state index >= 15 is 0 Å². The molecule has 0 saturated heterocycles. The van der Waals surface area contributed by atoms with Crippen molar-refractivity contribution in [3.63, 3.8) is 0 Å². The molecule has 0 atom stereocenters. The van der Waals surface area contributed by atoms with Gasteiger partial charge < -0.3 is 14.8 Å². The molecule has 0 bridgehead atoms. The fourth-order valence-electron chi connectivity index (χ4n) is 2.43. The van der Waals surface area contributed by atoms with E-state index < -0.39 is 18.5 Å². The minimum atomic E-state index is -0.661. The third-order valence-electron chi connectivity index (χ3n) is 3.70. The fraction of sp³-hybridized carbons (Fsp3) is 0.250. The largest absolute Gasteiger partial charge is 0.481 e. The molecule has 1 amide bonds. The maximum absolute atomic E-state index is 11.8. The van der Waals surface area contributed by atoms with Crippen LogP contribution in [0.15, 0.2) is 36.4 Å². The first-order valence-corrected chi connectivity index (χ1v) is 8.60.